The molecule has 0 N–H and O–H groups in total. The van der Waals surface area contributed by atoms with Crippen LogP contribution in [0.3, 0.4) is 0 Å². The van der Waals surface area contributed by atoms with Crippen LogP contribution in [0.25, 0.3) is 0 Å². The number of carbonyl (C=O) groups excluding carboxylic acids is 1. The first-order valence-corrected chi connectivity index (χ1v) is 5.58. The predicted octanol–water partition coefficient (Wildman–Crippen LogP) is 0.385. The van der Waals surface area contributed by atoms with Crippen LogP contribution in [0.5, 0.6) is 0 Å². The van der Waals surface area contributed by atoms with E-state index in [9.17, 15) is 4.79 Å². The molecule has 13 heavy (non-hydrogen) atoms. The van der Waals surface area contributed by atoms with Gasteiger partial charge in [0, 0.05) is 18.9 Å². The molecule has 76 valence electrons. The first kappa shape index (κ1) is 11.8. The maximum absolute atomic E-state index is 11.3. The predicted molar refractivity (Wildman–Crippen MR) is 58.2 cm³/mol. The van der Waals surface area contributed by atoms with Crippen molar-refractivity contribution in [3.63, 3.8) is 0 Å². The second-order valence-electron chi connectivity index (χ2n) is 2.75. The molecular formula is C6H13O4P3. The van der Waals surface area contributed by atoms with Crippen LogP contribution in [-0.2, 0) is 18.6 Å². The second kappa shape index (κ2) is 5.53. The van der Waals surface area contributed by atoms with Gasteiger partial charge >= 0.3 is 5.97 Å². The molecule has 1 heterocycles. The minimum atomic E-state index is -0.298. The molecule has 1 aliphatic heterocycles. The van der Waals surface area contributed by atoms with Gasteiger partial charge in [0.15, 0.2) is 6.10 Å². The smallest absolute Gasteiger partial charge is 0.312 e. The van der Waals surface area contributed by atoms with Gasteiger partial charge in [0.1, 0.15) is 6.10 Å². The van der Waals surface area contributed by atoms with Gasteiger partial charge in [-0.3, -0.25) is 4.79 Å². The molecule has 0 aliphatic carbocycles. The molecule has 6 atom stereocenters. The van der Waals surface area contributed by atoms with Crippen molar-refractivity contribution in [2.24, 2.45) is 5.92 Å². The van der Waals surface area contributed by atoms with Gasteiger partial charge in [0.25, 0.3) is 0 Å². The van der Waals surface area contributed by atoms with Gasteiger partial charge in [-0.1, -0.05) is 0 Å². The lowest BCUT2D eigenvalue weighted by molar-refractivity contribution is -0.144. The third-order valence-corrected chi connectivity index (χ3v) is 3.02. The highest BCUT2D eigenvalue weighted by atomic mass is 31.0. The normalized spacial score (nSPS) is 33.5. The van der Waals surface area contributed by atoms with Crippen molar-refractivity contribution in [1.29, 1.82) is 0 Å². The van der Waals surface area contributed by atoms with Crippen LogP contribution < -0.4 is 0 Å². The SMILES string of the molecule is O=C1O[C@H](COP)[C@@H](OP)[C@H]1CP. The molecule has 4 nitrogen and oxygen atoms in total. The molecule has 1 rings (SSSR count). The molecule has 1 aliphatic rings. The first-order chi connectivity index (χ1) is 6.24. The van der Waals surface area contributed by atoms with Crippen molar-refractivity contribution >= 4 is 34.1 Å². The van der Waals surface area contributed by atoms with Crippen molar-refractivity contribution in [3.8, 4) is 0 Å². The third kappa shape index (κ3) is 2.58. The molecule has 0 aromatic heterocycles. The zero-order chi connectivity index (χ0) is 9.84. The van der Waals surface area contributed by atoms with E-state index in [-0.39, 0.29) is 24.1 Å². The minimum absolute atomic E-state index is 0.201. The Bertz CT molecular complexity index is 189. The zero-order valence-electron chi connectivity index (χ0n) is 7.01. The Morgan fingerprint density at radius 3 is 2.62 bits per heavy atom. The average molecular weight is 242 g/mol. The molecule has 0 aromatic rings. The molecule has 0 bridgehead atoms. The van der Waals surface area contributed by atoms with E-state index >= 15 is 0 Å². The summed E-state index contributed by atoms with van der Waals surface area (Å²) in [5, 5.41) is 0. The van der Waals surface area contributed by atoms with Crippen molar-refractivity contribution < 1.29 is 18.6 Å². The fraction of sp³-hybridized carbons (Fsp3) is 0.833. The third-order valence-electron chi connectivity index (χ3n) is 2.00. The summed E-state index contributed by atoms with van der Waals surface area (Å²) in [7, 11) is 6.80. The van der Waals surface area contributed by atoms with Crippen LogP contribution in [0, 0.1) is 5.92 Å². The molecular weight excluding hydrogens is 229 g/mol. The van der Waals surface area contributed by atoms with E-state index in [1.165, 1.54) is 0 Å². The molecule has 3 unspecified atom stereocenters. The second-order valence-corrected chi connectivity index (χ2v) is 3.83. The quantitative estimate of drug-likeness (QED) is 0.528. The lowest BCUT2D eigenvalue weighted by atomic mass is 10.0. The highest BCUT2D eigenvalue weighted by molar-refractivity contribution is 7.16. The van der Waals surface area contributed by atoms with Gasteiger partial charge in [-0.25, -0.2) is 0 Å². The van der Waals surface area contributed by atoms with E-state index in [2.05, 4.69) is 28.2 Å². The van der Waals surface area contributed by atoms with E-state index in [1.807, 2.05) is 0 Å². The van der Waals surface area contributed by atoms with Crippen LogP contribution >= 0.6 is 28.2 Å². The van der Waals surface area contributed by atoms with E-state index in [0.717, 1.165) is 0 Å². The monoisotopic (exact) mass is 242 g/mol. The van der Waals surface area contributed by atoms with Crippen molar-refractivity contribution in [2.45, 2.75) is 12.2 Å². The number of rotatable bonds is 4. The summed E-state index contributed by atoms with van der Waals surface area (Å²) in [4.78, 5) is 11.3. The lowest BCUT2D eigenvalue weighted by Gasteiger charge is -2.17. The Labute approximate surface area is 84.2 Å². The fourth-order valence-corrected chi connectivity index (χ4v) is 2.35. The molecule has 1 saturated heterocycles. The molecule has 0 radical (unpaired) electrons. The van der Waals surface area contributed by atoms with Crippen LogP contribution in [0.15, 0.2) is 0 Å². The highest BCUT2D eigenvalue weighted by Crippen LogP contribution is 2.28. The number of cyclic esters (lactones) is 1. The van der Waals surface area contributed by atoms with E-state index in [0.29, 0.717) is 12.8 Å². The molecule has 0 aromatic carbocycles. The summed E-state index contributed by atoms with van der Waals surface area (Å²) in [6.07, 6.45) is 0.120. The highest BCUT2D eigenvalue weighted by Gasteiger charge is 2.43. The Hall–Kier alpha value is 0.680. The minimum Gasteiger partial charge on any atom is -0.457 e. The summed E-state index contributed by atoms with van der Waals surface area (Å²) in [5.74, 6) is -0.415. The van der Waals surface area contributed by atoms with Crippen LogP contribution in [0.1, 0.15) is 0 Å². The van der Waals surface area contributed by atoms with E-state index in [4.69, 9.17) is 13.8 Å². The van der Waals surface area contributed by atoms with Crippen molar-refractivity contribution in [2.75, 3.05) is 12.8 Å². The maximum Gasteiger partial charge on any atom is 0.312 e. The molecule has 0 amide bonds. The first-order valence-electron chi connectivity index (χ1n) is 3.82. The van der Waals surface area contributed by atoms with Crippen molar-refractivity contribution in [3.05, 3.63) is 0 Å². The summed E-state index contributed by atoms with van der Waals surface area (Å²) in [6.45, 7) is 0.344. The Morgan fingerprint density at radius 1 is 1.46 bits per heavy atom. The van der Waals surface area contributed by atoms with Gasteiger partial charge in [-0.2, -0.15) is 0 Å². The van der Waals surface area contributed by atoms with Crippen LogP contribution in [0.4, 0.5) is 0 Å². The molecule has 0 saturated carbocycles. The van der Waals surface area contributed by atoms with Gasteiger partial charge in [-0.05, 0) is 6.16 Å². The molecule has 7 heteroatoms. The van der Waals surface area contributed by atoms with Gasteiger partial charge < -0.3 is 13.8 Å². The van der Waals surface area contributed by atoms with Crippen LogP contribution in [0.2, 0.25) is 0 Å². The van der Waals surface area contributed by atoms with Gasteiger partial charge in [-0.15, -0.1) is 9.24 Å². The molecule has 0 spiro atoms. The number of carbonyl (C=O) groups is 1. The Balaban J connectivity index is 2.63. The number of hydrogen-bond acceptors (Lipinski definition) is 4. The van der Waals surface area contributed by atoms with Gasteiger partial charge in [0.2, 0.25) is 0 Å². The number of hydrogen-bond donors (Lipinski definition) is 0. The van der Waals surface area contributed by atoms with E-state index < -0.39 is 0 Å². The largest absolute Gasteiger partial charge is 0.457 e. The topological polar surface area (TPSA) is 44.8 Å². The van der Waals surface area contributed by atoms with E-state index in [1.54, 1.807) is 0 Å². The lowest BCUT2D eigenvalue weighted by Crippen LogP contribution is -2.31. The summed E-state index contributed by atoms with van der Waals surface area (Å²) < 4.78 is 15.0. The average Bonchev–Trinajstić information content (AvgIpc) is 2.41. The number of esters is 1. The Kier molecular flexibility index (Phi) is 5.00. The summed E-state index contributed by atoms with van der Waals surface area (Å²) in [5.41, 5.74) is 0. The molecule has 1 fully saturated rings. The Morgan fingerprint density at radius 2 is 2.15 bits per heavy atom. The van der Waals surface area contributed by atoms with Crippen molar-refractivity contribution in [1.82, 2.24) is 0 Å². The maximum atomic E-state index is 11.3. The zero-order valence-corrected chi connectivity index (χ0v) is 10.5. The summed E-state index contributed by atoms with van der Waals surface area (Å²) in [6, 6.07) is 0. The van der Waals surface area contributed by atoms with Crippen LogP contribution in [-0.4, -0.2) is 30.9 Å². The van der Waals surface area contributed by atoms with Gasteiger partial charge in [0.05, 0.1) is 12.5 Å². The fourth-order valence-electron chi connectivity index (χ4n) is 1.33. The summed E-state index contributed by atoms with van der Waals surface area (Å²) >= 11 is 0. The number of ether oxygens (including phenoxy) is 1. The standard InChI is InChI=1S/C6H13O4P3/c7-6-3(2-11)5(10-13)4(9-6)1-8-12/h3-5H,1-2,11-13H2/t3-,4-,5+/m1/s1.